The SMILES string of the molecule is CC(=O)CCN1CC(c2ccccc2C)NC1=O. The minimum absolute atomic E-state index is 0.0330. The van der Waals surface area contributed by atoms with Crippen molar-refractivity contribution in [3.63, 3.8) is 0 Å². The Hall–Kier alpha value is -1.84. The molecule has 1 N–H and O–H groups in total. The van der Waals surface area contributed by atoms with E-state index < -0.39 is 0 Å². The van der Waals surface area contributed by atoms with E-state index >= 15 is 0 Å². The van der Waals surface area contributed by atoms with Crippen molar-refractivity contribution >= 4 is 11.8 Å². The molecule has 1 aliphatic rings. The number of rotatable bonds is 4. The molecule has 1 aromatic carbocycles. The molecule has 1 aromatic rings. The van der Waals surface area contributed by atoms with Crippen molar-refractivity contribution in [3.05, 3.63) is 35.4 Å². The van der Waals surface area contributed by atoms with Crippen LogP contribution in [-0.4, -0.2) is 29.8 Å². The van der Waals surface area contributed by atoms with E-state index in [1.54, 1.807) is 11.8 Å². The molecule has 2 amide bonds. The molecule has 0 aliphatic carbocycles. The fourth-order valence-corrected chi connectivity index (χ4v) is 2.23. The van der Waals surface area contributed by atoms with Gasteiger partial charge in [0.25, 0.3) is 0 Å². The standard InChI is InChI=1S/C14H18N2O2/c1-10-5-3-4-6-12(10)13-9-16(14(18)15-13)8-7-11(2)17/h3-6,13H,7-9H2,1-2H3,(H,15,18). The maximum atomic E-state index is 11.8. The Labute approximate surface area is 107 Å². The Morgan fingerprint density at radius 2 is 2.17 bits per heavy atom. The summed E-state index contributed by atoms with van der Waals surface area (Å²) in [5.41, 5.74) is 2.33. The third-order valence-electron chi connectivity index (χ3n) is 3.29. The van der Waals surface area contributed by atoms with E-state index in [0.29, 0.717) is 19.5 Å². The normalized spacial score (nSPS) is 18.9. The van der Waals surface area contributed by atoms with Crippen molar-refractivity contribution in [3.8, 4) is 0 Å². The third kappa shape index (κ3) is 2.70. The number of benzene rings is 1. The summed E-state index contributed by atoms with van der Waals surface area (Å²) < 4.78 is 0. The fourth-order valence-electron chi connectivity index (χ4n) is 2.23. The number of hydrogen-bond donors (Lipinski definition) is 1. The maximum Gasteiger partial charge on any atom is 0.318 e. The second-order valence-electron chi connectivity index (χ2n) is 4.76. The predicted molar refractivity (Wildman–Crippen MR) is 69.3 cm³/mol. The highest BCUT2D eigenvalue weighted by molar-refractivity contribution is 5.79. The van der Waals surface area contributed by atoms with E-state index in [2.05, 4.69) is 5.32 Å². The van der Waals surface area contributed by atoms with E-state index in [9.17, 15) is 9.59 Å². The minimum atomic E-state index is -0.0792. The van der Waals surface area contributed by atoms with Gasteiger partial charge in [-0.1, -0.05) is 24.3 Å². The zero-order valence-corrected chi connectivity index (χ0v) is 10.8. The molecule has 1 heterocycles. The second kappa shape index (κ2) is 5.21. The molecule has 0 radical (unpaired) electrons. The van der Waals surface area contributed by atoms with Crippen molar-refractivity contribution < 1.29 is 9.59 Å². The van der Waals surface area contributed by atoms with Crippen molar-refractivity contribution in [1.82, 2.24) is 10.2 Å². The Bertz CT molecular complexity index is 471. The summed E-state index contributed by atoms with van der Waals surface area (Å²) in [6, 6.07) is 8.00. The van der Waals surface area contributed by atoms with Crippen LogP contribution in [0.3, 0.4) is 0 Å². The molecule has 1 unspecified atom stereocenters. The Morgan fingerprint density at radius 3 is 2.83 bits per heavy atom. The van der Waals surface area contributed by atoms with E-state index in [1.807, 2.05) is 31.2 Å². The molecule has 0 spiro atoms. The van der Waals surface area contributed by atoms with Gasteiger partial charge in [0, 0.05) is 19.5 Å². The fraction of sp³-hybridized carbons (Fsp3) is 0.429. The molecular weight excluding hydrogens is 228 g/mol. The lowest BCUT2D eigenvalue weighted by molar-refractivity contribution is -0.117. The predicted octanol–water partition coefficient (Wildman–Crippen LogP) is 2.04. The number of hydrogen-bond acceptors (Lipinski definition) is 2. The molecule has 1 aliphatic heterocycles. The highest BCUT2D eigenvalue weighted by Crippen LogP contribution is 2.23. The molecule has 18 heavy (non-hydrogen) atoms. The topological polar surface area (TPSA) is 49.4 Å². The van der Waals surface area contributed by atoms with Gasteiger partial charge in [0.2, 0.25) is 0 Å². The van der Waals surface area contributed by atoms with E-state index in [4.69, 9.17) is 0 Å². The van der Waals surface area contributed by atoms with E-state index in [-0.39, 0.29) is 17.9 Å². The summed E-state index contributed by atoms with van der Waals surface area (Å²) >= 11 is 0. The molecule has 4 heteroatoms. The lowest BCUT2D eigenvalue weighted by Crippen LogP contribution is -2.29. The summed E-state index contributed by atoms with van der Waals surface area (Å²) in [5, 5.41) is 2.96. The number of ketones is 1. The van der Waals surface area contributed by atoms with E-state index in [1.165, 1.54) is 5.56 Å². The van der Waals surface area contributed by atoms with Crippen molar-refractivity contribution in [2.75, 3.05) is 13.1 Å². The molecule has 1 atom stereocenters. The van der Waals surface area contributed by atoms with Crippen molar-refractivity contribution in [1.29, 1.82) is 0 Å². The number of carbonyl (C=O) groups is 2. The Balaban J connectivity index is 2.04. The van der Waals surface area contributed by atoms with Gasteiger partial charge in [-0.15, -0.1) is 0 Å². The molecule has 0 saturated carbocycles. The summed E-state index contributed by atoms with van der Waals surface area (Å²) in [5.74, 6) is 0.113. The van der Waals surface area contributed by atoms with Crippen molar-refractivity contribution in [2.45, 2.75) is 26.3 Å². The van der Waals surface area contributed by atoms with Crippen LogP contribution in [-0.2, 0) is 4.79 Å². The van der Waals surface area contributed by atoms with Crippen LogP contribution in [0.4, 0.5) is 4.79 Å². The summed E-state index contributed by atoms with van der Waals surface area (Å²) in [7, 11) is 0. The smallest absolute Gasteiger partial charge is 0.318 e. The Morgan fingerprint density at radius 1 is 1.44 bits per heavy atom. The van der Waals surface area contributed by atoms with Gasteiger partial charge in [-0.2, -0.15) is 0 Å². The number of urea groups is 1. The van der Waals surface area contributed by atoms with E-state index in [0.717, 1.165) is 5.56 Å². The highest BCUT2D eigenvalue weighted by atomic mass is 16.2. The maximum absolute atomic E-state index is 11.8. The molecule has 0 aromatic heterocycles. The average molecular weight is 246 g/mol. The first-order valence-corrected chi connectivity index (χ1v) is 6.18. The monoisotopic (exact) mass is 246 g/mol. The number of nitrogens with zero attached hydrogens (tertiary/aromatic N) is 1. The molecule has 0 bridgehead atoms. The number of aryl methyl sites for hydroxylation is 1. The van der Waals surface area contributed by atoms with Gasteiger partial charge in [0.1, 0.15) is 5.78 Å². The Kier molecular flexibility index (Phi) is 3.65. The lowest BCUT2D eigenvalue weighted by atomic mass is 10.0. The quantitative estimate of drug-likeness (QED) is 0.883. The van der Waals surface area contributed by atoms with Crippen LogP contribution in [0.1, 0.15) is 30.5 Å². The average Bonchev–Trinajstić information content (AvgIpc) is 2.68. The zero-order valence-electron chi connectivity index (χ0n) is 10.8. The molecule has 1 saturated heterocycles. The first-order chi connectivity index (χ1) is 8.58. The molecule has 2 rings (SSSR count). The largest absolute Gasteiger partial charge is 0.329 e. The van der Waals surface area contributed by atoms with Crippen LogP contribution in [0.5, 0.6) is 0 Å². The number of nitrogens with one attached hydrogen (secondary N) is 1. The second-order valence-corrected chi connectivity index (χ2v) is 4.76. The summed E-state index contributed by atoms with van der Waals surface area (Å²) in [4.78, 5) is 24.4. The van der Waals surface area contributed by atoms with Gasteiger partial charge in [0.15, 0.2) is 0 Å². The number of carbonyl (C=O) groups excluding carboxylic acids is 2. The summed E-state index contributed by atoms with van der Waals surface area (Å²) in [6.45, 7) is 4.73. The third-order valence-corrected chi connectivity index (χ3v) is 3.29. The van der Waals surface area contributed by atoms with Gasteiger partial charge < -0.3 is 10.2 Å². The van der Waals surface area contributed by atoms with Crippen LogP contribution in [0.15, 0.2) is 24.3 Å². The van der Waals surface area contributed by atoms with Crippen molar-refractivity contribution in [2.24, 2.45) is 0 Å². The first kappa shape index (κ1) is 12.6. The highest BCUT2D eigenvalue weighted by Gasteiger charge is 2.29. The lowest BCUT2D eigenvalue weighted by Gasteiger charge is -2.14. The molecule has 4 nitrogen and oxygen atoms in total. The van der Waals surface area contributed by atoms with Gasteiger partial charge in [-0.05, 0) is 25.0 Å². The van der Waals surface area contributed by atoms with Crippen LogP contribution >= 0.6 is 0 Å². The van der Waals surface area contributed by atoms with Crippen LogP contribution in [0.25, 0.3) is 0 Å². The van der Waals surface area contributed by atoms with Crippen LogP contribution < -0.4 is 5.32 Å². The van der Waals surface area contributed by atoms with Crippen LogP contribution in [0.2, 0.25) is 0 Å². The zero-order chi connectivity index (χ0) is 13.1. The molecule has 1 fully saturated rings. The minimum Gasteiger partial charge on any atom is -0.329 e. The summed E-state index contributed by atoms with van der Waals surface area (Å²) in [6.07, 6.45) is 0.425. The van der Waals surface area contributed by atoms with Gasteiger partial charge in [-0.3, -0.25) is 4.79 Å². The number of Topliss-reactive ketones (excluding diaryl/α,β-unsaturated/α-hetero) is 1. The number of amides is 2. The van der Waals surface area contributed by atoms with Gasteiger partial charge in [-0.25, -0.2) is 4.79 Å². The molecule has 96 valence electrons. The molecular formula is C14H18N2O2. The van der Waals surface area contributed by atoms with Crippen LogP contribution in [0, 0.1) is 6.92 Å². The van der Waals surface area contributed by atoms with Gasteiger partial charge in [0.05, 0.1) is 6.04 Å². The first-order valence-electron chi connectivity index (χ1n) is 6.18. The van der Waals surface area contributed by atoms with Gasteiger partial charge >= 0.3 is 6.03 Å².